The lowest BCUT2D eigenvalue weighted by atomic mass is 10.0. The predicted octanol–water partition coefficient (Wildman–Crippen LogP) is 5.87. The van der Waals surface area contributed by atoms with Crippen LogP contribution in [0, 0.1) is 11.6 Å². The Morgan fingerprint density at radius 1 is 1.13 bits per heavy atom. The molecule has 5 rings (SSSR count). The summed E-state index contributed by atoms with van der Waals surface area (Å²) in [4.78, 5) is 27.1. The highest BCUT2D eigenvalue weighted by Crippen LogP contribution is 2.40. The molecule has 0 saturated heterocycles. The predicted molar refractivity (Wildman–Crippen MR) is 144 cm³/mol. The number of aromatic nitrogens is 2. The van der Waals surface area contributed by atoms with Crippen molar-refractivity contribution in [2.45, 2.75) is 20.1 Å². The Hall–Kier alpha value is -4.24. The number of carbonyl (C=O) groups excluding carboxylic acids is 2. The molecule has 1 amide bonds. The molecule has 1 aliphatic rings. The van der Waals surface area contributed by atoms with Gasteiger partial charge in [-0.3, -0.25) is 14.3 Å². The van der Waals surface area contributed by atoms with Crippen molar-refractivity contribution < 1.29 is 23.1 Å². The molecule has 3 aromatic carbocycles. The smallest absolute Gasteiger partial charge is 0.275 e. The highest BCUT2D eigenvalue weighted by atomic mass is 35.5. The molecule has 0 unspecified atom stereocenters. The van der Waals surface area contributed by atoms with Crippen molar-refractivity contribution in [1.82, 2.24) is 14.7 Å². The Labute approximate surface area is 229 Å². The fourth-order valence-corrected chi connectivity index (χ4v) is 4.81. The van der Waals surface area contributed by atoms with Crippen molar-refractivity contribution in [2.24, 2.45) is 7.05 Å². The third-order valence-corrected chi connectivity index (χ3v) is 6.77. The summed E-state index contributed by atoms with van der Waals surface area (Å²) in [5.74, 6) is -0.866. The van der Waals surface area contributed by atoms with Gasteiger partial charge in [-0.15, -0.1) is 0 Å². The minimum absolute atomic E-state index is 0.100. The van der Waals surface area contributed by atoms with Gasteiger partial charge >= 0.3 is 0 Å². The third kappa shape index (κ3) is 5.49. The van der Waals surface area contributed by atoms with Gasteiger partial charge in [0.15, 0.2) is 11.5 Å². The largest absolute Gasteiger partial charge is 0.488 e. The molecule has 0 aliphatic carbocycles. The van der Waals surface area contributed by atoms with Gasteiger partial charge in [-0.2, -0.15) is 5.10 Å². The van der Waals surface area contributed by atoms with Crippen LogP contribution < -0.4 is 10.1 Å². The molecule has 10 heteroatoms. The van der Waals surface area contributed by atoms with Gasteiger partial charge in [0.25, 0.3) is 5.91 Å². The van der Waals surface area contributed by atoms with Crippen LogP contribution in [0.4, 0.5) is 14.5 Å². The summed E-state index contributed by atoms with van der Waals surface area (Å²) in [5, 5.41) is 8.02. The van der Waals surface area contributed by atoms with Crippen molar-refractivity contribution in [1.29, 1.82) is 0 Å². The number of aryl methyl sites for hydroxylation is 1. The van der Waals surface area contributed by atoms with Crippen LogP contribution in [0.3, 0.4) is 0 Å². The molecule has 200 valence electrons. The number of hydrogen-bond donors (Lipinski definition) is 1. The molecule has 0 saturated carbocycles. The summed E-state index contributed by atoms with van der Waals surface area (Å²) in [6, 6.07) is 15.3. The number of fused-ring (bicyclic) bond motifs is 3. The van der Waals surface area contributed by atoms with E-state index in [0.717, 1.165) is 11.3 Å². The van der Waals surface area contributed by atoms with Gasteiger partial charge < -0.3 is 15.0 Å². The second-order valence-electron chi connectivity index (χ2n) is 9.26. The lowest BCUT2D eigenvalue weighted by Crippen LogP contribution is -2.35. The Bertz CT molecular complexity index is 1590. The minimum atomic E-state index is -0.517. The zero-order valence-corrected chi connectivity index (χ0v) is 22.1. The van der Waals surface area contributed by atoms with Crippen LogP contribution in [-0.2, 0) is 20.2 Å². The molecule has 0 atom stereocenters. The van der Waals surface area contributed by atoms with Crippen molar-refractivity contribution in [2.75, 3.05) is 18.4 Å². The number of rotatable bonds is 8. The van der Waals surface area contributed by atoms with Crippen LogP contribution in [-0.4, -0.2) is 39.5 Å². The van der Waals surface area contributed by atoms with Gasteiger partial charge in [0, 0.05) is 48.4 Å². The molecule has 7 nitrogen and oxygen atoms in total. The van der Waals surface area contributed by atoms with Gasteiger partial charge in [-0.25, -0.2) is 8.78 Å². The molecule has 0 bridgehead atoms. The number of halogens is 3. The molecule has 1 aliphatic heterocycles. The molecule has 0 spiro atoms. The van der Waals surface area contributed by atoms with E-state index in [0.29, 0.717) is 27.5 Å². The van der Waals surface area contributed by atoms with Crippen LogP contribution >= 0.6 is 11.6 Å². The molecule has 0 fully saturated rings. The van der Waals surface area contributed by atoms with Gasteiger partial charge in [0.1, 0.15) is 24.0 Å². The first-order chi connectivity index (χ1) is 18.7. The molecular weight excluding hydrogens is 526 g/mol. The number of Topliss-reactive ketones (excluding diaryl/α,β-unsaturated/α-hetero) is 1. The maximum absolute atomic E-state index is 14.4. The van der Waals surface area contributed by atoms with E-state index in [2.05, 4.69) is 10.4 Å². The van der Waals surface area contributed by atoms with E-state index in [4.69, 9.17) is 16.3 Å². The molecular formula is C29H25ClF2N4O3. The standard InChI is InChI=1S/C29H25ClF2N4O3/c1-17(37)19-6-8-24(32)25(13-19)33-10-11-36(15-18-4-3-5-21(31)12-18)29(38)27-23-16-39-26-9-7-20(30)14-22(26)28(23)35(2)34-27/h3-9,12-14,33H,10-11,15-16H2,1-2H3. The summed E-state index contributed by atoms with van der Waals surface area (Å²) >= 11 is 6.22. The fourth-order valence-electron chi connectivity index (χ4n) is 4.64. The molecule has 39 heavy (non-hydrogen) atoms. The van der Waals surface area contributed by atoms with Crippen LogP contribution in [0.5, 0.6) is 5.75 Å². The van der Waals surface area contributed by atoms with E-state index < -0.39 is 11.6 Å². The second-order valence-corrected chi connectivity index (χ2v) is 9.70. The number of amides is 1. The lowest BCUT2D eigenvalue weighted by molar-refractivity contribution is 0.0740. The summed E-state index contributed by atoms with van der Waals surface area (Å²) in [7, 11) is 1.74. The number of nitrogens with zero attached hydrogens (tertiary/aromatic N) is 3. The van der Waals surface area contributed by atoms with Crippen molar-refractivity contribution >= 4 is 29.0 Å². The number of anilines is 1. The monoisotopic (exact) mass is 550 g/mol. The Morgan fingerprint density at radius 3 is 2.72 bits per heavy atom. The Morgan fingerprint density at radius 2 is 1.95 bits per heavy atom. The van der Waals surface area contributed by atoms with E-state index in [1.165, 1.54) is 42.2 Å². The second kappa shape index (κ2) is 10.9. The number of hydrogen-bond acceptors (Lipinski definition) is 5. The average molecular weight is 551 g/mol. The average Bonchev–Trinajstić information content (AvgIpc) is 3.25. The zero-order chi connectivity index (χ0) is 27.7. The van der Waals surface area contributed by atoms with E-state index in [1.54, 1.807) is 42.1 Å². The zero-order valence-electron chi connectivity index (χ0n) is 21.3. The molecule has 1 aromatic heterocycles. The first kappa shape index (κ1) is 26.4. The first-order valence-corrected chi connectivity index (χ1v) is 12.7. The van der Waals surface area contributed by atoms with Gasteiger partial charge in [-0.05, 0) is 61.0 Å². The number of benzene rings is 3. The van der Waals surface area contributed by atoms with Gasteiger partial charge in [-0.1, -0.05) is 23.7 Å². The quantitative estimate of drug-likeness (QED) is 0.278. The summed E-state index contributed by atoms with van der Waals surface area (Å²) in [6.07, 6.45) is 0. The molecule has 4 aromatic rings. The Balaban J connectivity index is 1.44. The lowest BCUT2D eigenvalue weighted by Gasteiger charge is -2.24. The van der Waals surface area contributed by atoms with Crippen LogP contribution in [0.2, 0.25) is 5.02 Å². The summed E-state index contributed by atoms with van der Waals surface area (Å²) < 4.78 is 35.8. The van der Waals surface area contributed by atoms with Crippen LogP contribution in [0.1, 0.15) is 38.9 Å². The summed E-state index contributed by atoms with van der Waals surface area (Å²) in [6.45, 7) is 1.97. The number of nitrogens with one attached hydrogen (secondary N) is 1. The Kier molecular flexibility index (Phi) is 7.34. The van der Waals surface area contributed by atoms with Crippen LogP contribution in [0.25, 0.3) is 11.3 Å². The highest BCUT2D eigenvalue weighted by Gasteiger charge is 2.31. The number of ether oxygens (including phenoxy) is 1. The van der Waals surface area contributed by atoms with E-state index in [9.17, 15) is 18.4 Å². The SMILES string of the molecule is CC(=O)c1ccc(F)c(NCCN(Cc2cccc(F)c2)C(=O)c2nn(C)c3c2COc2ccc(Cl)cc2-3)c1. The highest BCUT2D eigenvalue weighted by molar-refractivity contribution is 6.31. The molecule has 0 radical (unpaired) electrons. The maximum Gasteiger partial charge on any atom is 0.275 e. The topological polar surface area (TPSA) is 76.5 Å². The van der Waals surface area contributed by atoms with Crippen molar-refractivity contribution in [3.8, 4) is 17.0 Å². The van der Waals surface area contributed by atoms with Crippen LogP contribution in [0.15, 0.2) is 60.7 Å². The maximum atomic E-state index is 14.4. The third-order valence-electron chi connectivity index (χ3n) is 6.54. The normalized spacial score (nSPS) is 11.8. The minimum Gasteiger partial charge on any atom is -0.488 e. The van der Waals surface area contributed by atoms with E-state index in [-0.39, 0.29) is 49.3 Å². The van der Waals surface area contributed by atoms with Crippen molar-refractivity contribution in [3.63, 3.8) is 0 Å². The fraction of sp³-hybridized carbons (Fsp3) is 0.207. The summed E-state index contributed by atoms with van der Waals surface area (Å²) in [5.41, 5.74) is 3.40. The number of carbonyl (C=O) groups is 2. The van der Waals surface area contributed by atoms with E-state index >= 15 is 0 Å². The van der Waals surface area contributed by atoms with E-state index in [1.807, 2.05) is 0 Å². The first-order valence-electron chi connectivity index (χ1n) is 12.3. The van der Waals surface area contributed by atoms with Gasteiger partial charge in [0.05, 0.1) is 11.4 Å². The number of ketones is 1. The molecule has 2 heterocycles. The van der Waals surface area contributed by atoms with Crippen molar-refractivity contribution in [3.05, 3.63) is 99.7 Å². The van der Waals surface area contributed by atoms with Gasteiger partial charge in [0.2, 0.25) is 0 Å². The molecule has 1 N–H and O–H groups in total.